The summed E-state index contributed by atoms with van der Waals surface area (Å²) in [5.74, 6) is 1.83. The maximum Gasteiger partial charge on any atom is 0.0927 e. The van der Waals surface area contributed by atoms with Gasteiger partial charge in [-0.25, -0.2) is 0 Å². The first kappa shape index (κ1) is 9.60. The van der Waals surface area contributed by atoms with E-state index in [0.717, 1.165) is 17.1 Å². The molecule has 1 fully saturated rings. The number of rotatable bonds is 1. The summed E-state index contributed by atoms with van der Waals surface area (Å²) in [6, 6.07) is 0. The van der Waals surface area contributed by atoms with Gasteiger partial charge in [-0.3, -0.25) is 0 Å². The van der Waals surface area contributed by atoms with Gasteiger partial charge >= 0.3 is 0 Å². The van der Waals surface area contributed by atoms with Crippen molar-refractivity contribution in [2.75, 3.05) is 5.94 Å². The zero-order chi connectivity index (χ0) is 9.10. The van der Waals surface area contributed by atoms with Crippen molar-refractivity contribution in [2.45, 2.75) is 44.0 Å². The lowest BCUT2D eigenvalue weighted by Crippen LogP contribution is -2.29. The first-order chi connectivity index (χ1) is 6.36. The average Bonchev–Trinajstić information content (AvgIpc) is 2.19. The highest BCUT2D eigenvalue weighted by Gasteiger charge is 2.27. The summed E-state index contributed by atoms with van der Waals surface area (Å²) in [6.45, 7) is 2.20. The van der Waals surface area contributed by atoms with Crippen molar-refractivity contribution in [3.05, 3.63) is 12.2 Å². The van der Waals surface area contributed by atoms with Gasteiger partial charge in [0.1, 0.15) is 0 Å². The van der Waals surface area contributed by atoms with Crippen LogP contribution in [0.4, 0.5) is 0 Å². The predicted molar refractivity (Wildman–Crippen MR) is 57.9 cm³/mol. The van der Waals surface area contributed by atoms with E-state index < -0.39 is 0 Å². The van der Waals surface area contributed by atoms with Crippen molar-refractivity contribution < 1.29 is 4.74 Å². The van der Waals surface area contributed by atoms with E-state index in [1.165, 1.54) is 25.7 Å². The van der Waals surface area contributed by atoms with Gasteiger partial charge in [-0.2, -0.15) is 0 Å². The summed E-state index contributed by atoms with van der Waals surface area (Å²) >= 11 is 2.02. The van der Waals surface area contributed by atoms with E-state index in [0.29, 0.717) is 6.10 Å². The summed E-state index contributed by atoms with van der Waals surface area (Å²) in [5, 5.41) is 0.855. The summed E-state index contributed by atoms with van der Waals surface area (Å²) in [7, 11) is 0. The standard InChI is InChI=1S/C11H18OS/c1-9-7-11(13-8-12-9)10-5-3-2-4-6-10/h2-3,9-11H,4-8H2,1H3. The van der Waals surface area contributed by atoms with Crippen LogP contribution in [0.3, 0.4) is 0 Å². The molecular formula is C11H18OS. The zero-order valence-corrected chi connectivity index (χ0v) is 9.06. The molecule has 1 aliphatic carbocycles. The average molecular weight is 198 g/mol. The molecule has 74 valence electrons. The highest BCUT2D eigenvalue weighted by Crippen LogP contribution is 2.35. The predicted octanol–water partition coefficient (Wildman–Crippen LogP) is 3.21. The van der Waals surface area contributed by atoms with Gasteiger partial charge in [0.15, 0.2) is 0 Å². The number of hydrogen-bond acceptors (Lipinski definition) is 2. The summed E-state index contributed by atoms with van der Waals surface area (Å²) in [4.78, 5) is 0. The van der Waals surface area contributed by atoms with Crippen LogP contribution in [0.15, 0.2) is 12.2 Å². The van der Waals surface area contributed by atoms with E-state index >= 15 is 0 Å². The van der Waals surface area contributed by atoms with E-state index in [4.69, 9.17) is 4.74 Å². The van der Waals surface area contributed by atoms with Crippen LogP contribution in [-0.2, 0) is 4.74 Å². The van der Waals surface area contributed by atoms with Crippen LogP contribution >= 0.6 is 11.8 Å². The smallest absolute Gasteiger partial charge is 0.0927 e. The van der Waals surface area contributed by atoms with Crippen molar-refractivity contribution >= 4 is 11.8 Å². The molecule has 2 rings (SSSR count). The van der Waals surface area contributed by atoms with Gasteiger partial charge in [-0.1, -0.05) is 12.2 Å². The minimum atomic E-state index is 0.483. The molecule has 1 nitrogen and oxygen atoms in total. The lowest BCUT2D eigenvalue weighted by atomic mass is 9.89. The fraction of sp³-hybridized carbons (Fsp3) is 0.818. The summed E-state index contributed by atoms with van der Waals surface area (Å²) in [6.07, 6.45) is 10.4. The molecule has 0 aromatic heterocycles. The third kappa shape index (κ3) is 2.50. The molecule has 13 heavy (non-hydrogen) atoms. The molecule has 1 aliphatic heterocycles. The third-order valence-corrected chi connectivity index (χ3v) is 4.31. The van der Waals surface area contributed by atoms with E-state index in [-0.39, 0.29) is 0 Å². The summed E-state index contributed by atoms with van der Waals surface area (Å²) < 4.78 is 5.54. The molecular weight excluding hydrogens is 180 g/mol. The molecule has 0 saturated carbocycles. The zero-order valence-electron chi connectivity index (χ0n) is 8.24. The second-order valence-corrected chi connectivity index (χ2v) is 5.26. The van der Waals surface area contributed by atoms with Crippen LogP contribution in [-0.4, -0.2) is 17.3 Å². The number of allylic oxidation sites excluding steroid dienone is 2. The number of thioether (sulfide) groups is 1. The molecule has 1 heterocycles. The van der Waals surface area contributed by atoms with Crippen LogP contribution in [0.2, 0.25) is 0 Å². The molecule has 0 bridgehead atoms. The monoisotopic (exact) mass is 198 g/mol. The van der Waals surface area contributed by atoms with E-state index in [9.17, 15) is 0 Å². The molecule has 0 aromatic carbocycles. The third-order valence-electron chi connectivity index (χ3n) is 3.03. The van der Waals surface area contributed by atoms with Gasteiger partial charge in [0.05, 0.1) is 12.0 Å². The highest BCUT2D eigenvalue weighted by molar-refractivity contribution is 7.99. The van der Waals surface area contributed by atoms with Crippen LogP contribution in [0, 0.1) is 5.92 Å². The molecule has 3 unspecified atom stereocenters. The summed E-state index contributed by atoms with van der Waals surface area (Å²) in [5.41, 5.74) is 0. The molecule has 2 aliphatic rings. The highest BCUT2D eigenvalue weighted by atomic mass is 32.2. The van der Waals surface area contributed by atoms with Gasteiger partial charge < -0.3 is 4.74 Å². The molecule has 3 atom stereocenters. The second-order valence-electron chi connectivity index (χ2n) is 4.08. The van der Waals surface area contributed by atoms with E-state index in [1.54, 1.807) is 0 Å². The molecule has 0 radical (unpaired) electrons. The fourth-order valence-electron chi connectivity index (χ4n) is 2.19. The first-order valence-corrected chi connectivity index (χ1v) is 6.29. The van der Waals surface area contributed by atoms with Gasteiger partial charge in [0, 0.05) is 5.25 Å². The Kier molecular flexibility index (Phi) is 3.33. The van der Waals surface area contributed by atoms with Crippen molar-refractivity contribution in [3.8, 4) is 0 Å². The normalized spacial score (nSPS) is 40.5. The Balaban J connectivity index is 1.88. The Labute approximate surface area is 84.9 Å². The minimum Gasteiger partial charge on any atom is -0.368 e. The Morgan fingerprint density at radius 1 is 1.38 bits per heavy atom. The lowest BCUT2D eigenvalue weighted by molar-refractivity contribution is 0.0821. The van der Waals surface area contributed by atoms with Crippen LogP contribution in [0.25, 0.3) is 0 Å². The Morgan fingerprint density at radius 2 is 2.31 bits per heavy atom. The van der Waals surface area contributed by atoms with E-state index in [1.807, 2.05) is 11.8 Å². The molecule has 0 aromatic rings. The van der Waals surface area contributed by atoms with Gasteiger partial charge in [0.25, 0.3) is 0 Å². The minimum absolute atomic E-state index is 0.483. The van der Waals surface area contributed by atoms with Crippen molar-refractivity contribution in [2.24, 2.45) is 5.92 Å². The maximum absolute atomic E-state index is 5.54. The first-order valence-electron chi connectivity index (χ1n) is 5.24. The van der Waals surface area contributed by atoms with Crippen molar-refractivity contribution in [1.29, 1.82) is 0 Å². The largest absolute Gasteiger partial charge is 0.368 e. The van der Waals surface area contributed by atoms with Gasteiger partial charge in [-0.05, 0) is 38.5 Å². The SMILES string of the molecule is CC1CC(C2CC=CCC2)SCO1. The second kappa shape index (κ2) is 4.52. The van der Waals surface area contributed by atoms with Crippen LogP contribution in [0.5, 0.6) is 0 Å². The topological polar surface area (TPSA) is 9.23 Å². The van der Waals surface area contributed by atoms with Gasteiger partial charge in [0.2, 0.25) is 0 Å². The molecule has 0 amide bonds. The molecule has 0 spiro atoms. The van der Waals surface area contributed by atoms with E-state index in [2.05, 4.69) is 19.1 Å². The van der Waals surface area contributed by atoms with Crippen LogP contribution in [0.1, 0.15) is 32.6 Å². The fourth-order valence-corrected chi connectivity index (χ4v) is 3.60. The molecule has 1 saturated heterocycles. The quantitative estimate of drug-likeness (QED) is 0.598. The lowest BCUT2D eigenvalue weighted by Gasteiger charge is -2.33. The Hall–Kier alpha value is 0.0500. The molecule has 2 heteroatoms. The van der Waals surface area contributed by atoms with Crippen molar-refractivity contribution in [1.82, 2.24) is 0 Å². The van der Waals surface area contributed by atoms with Gasteiger partial charge in [-0.15, -0.1) is 11.8 Å². The Bertz CT molecular complexity index is 191. The number of ether oxygens (including phenoxy) is 1. The molecule has 0 N–H and O–H groups in total. The number of hydrogen-bond donors (Lipinski definition) is 0. The maximum atomic E-state index is 5.54. The Morgan fingerprint density at radius 3 is 3.00 bits per heavy atom. The van der Waals surface area contributed by atoms with Crippen molar-refractivity contribution in [3.63, 3.8) is 0 Å². The van der Waals surface area contributed by atoms with Crippen LogP contribution < -0.4 is 0 Å².